The van der Waals surface area contributed by atoms with Gasteiger partial charge in [0.2, 0.25) is 0 Å². The van der Waals surface area contributed by atoms with E-state index < -0.39 is 0 Å². The molecule has 0 aromatic carbocycles. The number of hydrogen-bond acceptors (Lipinski definition) is 5. The normalized spacial score (nSPS) is 10.3. The Morgan fingerprint density at radius 1 is 0.875 bits per heavy atom. The number of hydrogen-bond donors (Lipinski definition) is 0. The van der Waals surface area contributed by atoms with Crippen LogP contribution in [-0.4, -0.2) is 40.4 Å². The van der Waals surface area contributed by atoms with E-state index in [0.29, 0.717) is 35.4 Å². The molecule has 0 unspecified atom stereocenters. The molecule has 0 amide bonds. The Morgan fingerprint density at radius 3 is 1.57 bits per heavy atom. The maximum absolute atomic E-state index is 11.7. The Morgan fingerprint density at radius 2 is 1.32 bits per heavy atom. The van der Waals surface area contributed by atoms with Gasteiger partial charge < -0.3 is 10.1 Å². The van der Waals surface area contributed by atoms with E-state index >= 15 is 0 Å². The number of halogens is 2. The molecule has 1 radical (unpaired) electrons. The quantitative estimate of drug-likeness (QED) is 0.241. The largest absolute Gasteiger partial charge is 1.00 e. The van der Waals surface area contributed by atoms with E-state index in [0.717, 1.165) is 11.1 Å². The number of carbonyl (C=O) groups excluding carboxylic acids is 2. The van der Waals surface area contributed by atoms with Gasteiger partial charge in [-0.1, -0.05) is 83.8 Å². The predicted octanol–water partition coefficient (Wildman–Crippen LogP) is 5.71. The van der Waals surface area contributed by atoms with Crippen molar-refractivity contribution in [3.63, 3.8) is 0 Å². The number of aromatic nitrogens is 2. The summed E-state index contributed by atoms with van der Waals surface area (Å²) in [6.45, 7) is 23.8. The fourth-order valence-electron chi connectivity index (χ4n) is 2.40. The molecule has 0 aliphatic carbocycles. The van der Waals surface area contributed by atoms with Crippen molar-refractivity contribution < 1.29 is 51.7 Å². The summed E-state index contributed by atoms with van der Waals surface area (Å²) in [5, 5.41) is 5.29. The summed E-state index contributed by atoms with van der Waals surface area (Å²) in [4.78, 5) is 30.3. The zero-order valence-corrected chi connectivity index (χ0v) is 29.7. The minimum Gasteiger partial charge on any atom is -0.658 e. The molecule has 2 aromatic rings. The Kier molecular flexibility index (Phi) is 27.3. The van der Waals surface area contributed by atoms with Crippen molar-refractivity contribution in [3.8, 4) is 0 Å². The molecule has 0 aliphatic rings. The van der Waals surface area contributed by atoms with Crippen LogP contribution in [0.3, 0.4) is 0 Å². The monoisotopic (exact) mass is 626 g/mol. The van der Waals surface area contributed by atoms with Crippen LogP contribution in [0.1, 0.15) is 87.3 Å². The number of pyridine rings is 2. The average molecular weight is 628 g/mol. The molecule has 0 atom stereocenters. The van der Waals surface area contributed by atoms with Gasteiger partial charge in [0.15, 0.2) is 0 Å². The maximum atomic E-state index is 11.7. The average Bonchev–Trinajstić information content (AvgIpc) is 2.77. The topological polar surface area (TPSA) is 83.3 Å². The van der Waals surface area contributed by atoms with Crippen molar-refractivity contribution in [1.82, 2.24) is 9.97 Å². The molecule has 0 fully saturated rings. The van der Waals surface area contributed by atoms with Crippen LogP contribution >= 0.6 is 23.2 Å². The summed E-state index contributed by atoms with van der Waals surface area (Å²) in [6, 6.07) is 8.41. The third kappa shape index (κ3) is 24.9. The number of Topliss-reactive ketones (excluding diaryl/α,β-unsaturated/α-hetero) is 1. The van der Waals surface area contributed by atoms with E-state index in [2.05, 4.69) is 43.0 Å². The summed E-state index contributed by atoms with van der Waals surface area (Å²) < 4.78 is 4.77. The maximum Gasteiger partial charge on any atom is 1.00 e. The van der Waals surface area contributed by atoms with E-state index in [-0.39, 0.29) is 60.0 Å². The fourth-order valence-corrected chi connectivity index (χ4v) is 2.71. The molecule has 0 spiro atoms. The first-order chi connectivity index (χ1) is 17.3. The molecule has 2 aromatic heterocycles. The summed E-state index contributed by atoms with van der Waals surface area (Å²) in [5.74, 6) is 0.0393. The van der Waals surface area contributed by atoms with Crippen molar-refractivity contribution in [3.05, 3.63) is 63.4 Å². The smallest absolute Gasteiger partial charge is 0.658 e. The molecule has 0 saturated carbocycles. The van der Waals surface area contributed by atoms with Crippen molar-refractivity contribution in [2.24, 2.45) is 10.8 Å². The summed E-state index contributed by atoms with van der Waals surface area (Å²) in [5.41, 5.74) is 1.15. The molecule has 2 heterocycles. The van der Waals surface area contributed by atoms with Gasteiger partial charge in [-0.25, -0.2) is 9.97 Å². The fraction of sp³-hybridized carbons (Fsp3) is 0.600. The summed E-state index contributed by atoms with van der Waals surface area (Å²) in [6.07, 6.45) is 3.65. The third-order valence-corrected chi connectivity index (χ3v) is 5.19. The Balaban J connectivity index is -0.000000221. The minimum absolute atomic E-state index is 0. The number of nitrogens with zero attached hydrogens (tertiary/aromatic N) is 3. The molecule has 0 bridgehead atoms. The second-order valence-corrected chi connectivity index (χ2v) is 11.9. The van der Waals surface area contributed by atoms with E-state index in [1.807, 2.05) is 73.6 Å². The van der Waals surface area contributed by atoms with Crippen LogP contribution in [0.15, 0.2) is 36.7 Å². The van der Waals surface area contributed by atoms with Gasteiger partial charge in [0, 0.05) is 42.8 Å². The van der Waals surface area contributed by atoms with Crippen LogP contribution in [-0.2, 0) is 39.3 Å². The van der Waals surface area contributed by atoms with Crippen LogP contribution in [0.4, 0.5) is 0 Å². The molecule has 40 heavy (non-hydrogen) atoms. The van der Waals surface area contributed by atoms with Gasteiger partial charge in [0.1, 0.15) is 16.1 Å². The molecular formula is C30H48Cl2LiN3O3V. The molecule has 221 valence electrons. The van der Waals surface area contributed by atoms with Gasteiger partial charge in [-0.15, -0.1) is 12.1 Å². The van der Waals surface area contributed by atoms with Gasteiger partial charge in [-0.05, 0) is 57.9 Å². The zero-order chi connectivity index (χ0) is 30.1. The van der Waals surface area contributed by atoms with Crippen LogP contribution in [0.25, 0.3) is 5.32 Å². The van der Waals surface area contributed by atoms with Crippen LogP contribution < -0.4 is 18.9 Å². The first-order valence-corrected chi connectivity index (χ1v) is 13.6. The van der Waals surface area contributed by atoms with E-state index in [4.69, 9.17) is 27.9 Å². The summed E-state index contributed by atoms with van der Waals surface area (Å²) >= 11 is 11.5. The summed E-state index contributed by atoms with van der Waals surface area (Å²) in [7, 11) is 0. The molecule has 2 rings (SSSR count). The second kappa shape index (κ2) is 23.7. The minimum atomic E-state index is -0.351. The zero-order valence-electron chi connectivity index (χ0n) is 26.8. The number of ketones is 1. The van der Waals surface area contributed by atoms with Gasteiger partial charge in [0.05, 0.1) is 12.0 Å². The van der Waals surface area contributed by atoms with E-state index in [1.165, 1.54) is 0 Å². The van der Waals surface area contributed by atoms with Crippen molar-refractivity contribution in [1.29, 1.82) is 0 Å². The molecule has 0 saturated heterocycles. The second-order valence-electron chi connectivity index (χ2n) is 11.2. The SMILES string of the molecule is CC(C)(C)C(=O)Cc1cccnc1Cl.CC(C)[N-]C(C)C.CCOC(=O)C(C)(C)C.Cc1cccnc1Cl.[Li+].[V]. The molecule has 6 nitrogen and oxygen atoms in total. The predicted molar refractivity (Wildman–Crippen MR) is 161 cm³/mol. The third-order valence-electron chi connectivity index (χ3n) is 4.45. The molecular weight excluding hydrogens is 579 g/mol. The van der Waals surface area contributed by atoms with Gasteiger partial charge >= 0.3 is 24.8 Å². The molecule has 10 heteroatoms. The number of ether oxygens (including phenoxy) is 1. The van der Waals surface area contributed by atoms with Crippen molar-refractivity contribution in [2.75, 3.05) is 6.61 Å². The van der Waals surface area contributed by atoms with E-state index in [9.17, 15) is 9.59 Å². The van der Waals surface area contributed by atoms with Gasteiger partial charge in [-0.3, -0.25) is 9.59 Å². The molecule has 0 aliphatic heterocycles. The van der Waals surface area contributed by atoms with Gasteiger partial charge in [0.25, 0.3) is 0 Å². The van der Waals surface area contributed by atoms with Crippen LogP contribution in [0.2, 0.25) is 10.3 Å². The van der Waals surface area contributed by atoms with Crippen molar-refractivity contribution >= 4 is 35.0 Å². The number of carbonyl (C=O) groups is 2. The van der Waals surface area contributed by atoms with Crippen LogP contribution in [0.5, 0.6) is 0 Å². The van der Waals surface area contributed by atoms with Crippen molar-refractivity contribution in [2.45, 2.75) is 102 Å². The van der Waals surface area contributed by atoms with Gasteiger partial charge in [-0.2, -0.15) is 0 Å². The number of aryl methyl sites for hydroxylation is 1. The molecule has 0 N–H and O–H groups in total. The Bertz CT molecular complexity index is 937. The number of esters is 1. The number of rotatable bonds is 5. The van der Waals surface area contributed by atoms with E-state index in [1.54, 1.807) is 18.5 Å². The Labute approximate surface area is 277 Å². The first-order valence-electron chi connectivity index (χ1n) is 12.9. The Hall–Kier alpha value is -0.838. The standard InChI is InChI=1S/C11H14ClNO.C7H14O2.C6H6ClN.C6H14N.Li.V/c1-11(2,3)9(14)7-8-5-4-6-13-10(8)12;1-5-9-6(8)7(2,3)4;1-5-3-2-4-8-6(5)7;1-5(2)7-6(3)4;;/h4-6H,7H2,1-3H3;5H2,1-4H3;2-4H,1H3;5-6H,1-4H3;;/q;;;-1;+1;. The van der Waals surface area contributed by atoms with Crippen LogP contribution in [0, 0.1) is 17.8 Å². The first kappa shape index (κ1) is 46.1.